The number of amides is 1. The molecular formula is C19H14F3N5O2S. The van der Waals surface area contributed by atoms with E-state index in [9.17, 15) is 22.8 Å². The van der Waals surface area contributed by atoms with Crippen molar-refractivity contribution in [3.63, 3.8) is 0 Å². The smallest absolute Gasteiger partial charge is 0.325 e. The Labute approximate surface area is 171 Å². The summed E-state index contributed by atoms with van der Waals surface area (Å²) < 4.78 is 40.9. The van der Waals surface area contributed by atoms with Crippen LogP contribution in [0.3, 0.4) is 0 Å². The third-order valence-corrected chi connectivity index (χ3v) is 5.35. The monoisotopic (exact) mass is 433 g/mol. The molecule has 0 aliphatic rings. The molecule has 0 fully saturated rings. The normalized spacial score (nSPS) is 11.9. The number of nitrogens with one attached hydrogen (secondary N) is 1. The van der Waals surface area contributed by atoms with Gasteiger partial charge >= 0.3 is 6.18 Å². The number of alkyl halides is 3. The van der Waals surface area contributed by atoms with Crippen LogP contribution in [-0.2, 0) is 18.0 Å². The summed E-state index contributed by atoms with van der Waals surface area (Å²) in [6.07, 6.45) is -4.43. The first kappa shape index (κ1) is 20.0. The Balaban J connectivity index is 1.54. The average molecular weight is 433 g/mol. The van der Waals surface area contributed by atoms with E-state index in [0.29, 0.717) is 21.8 Å². The van der Waals surface area contributed by atoms with Crippen LogP contribution in [-0.4, -0.2) is 30.8 Å². The lowest BCUT2D eigenvalue weighted by Crippen LogP contribution is -2.20. The third kappa shape index (κ3) is 3.63. The van der Waals surface area contributed by atoms with Crippen LogP contribution in [0.4, 0.5) is 18.9 Å². The summed E-state index contributed by atoms with van der Waals surface area (Å²) in [5.41, 5.74) is -0.122. The van der Waals surface area contributed by atoms with Crippen molar-refractivity contribution in [3.8, 4) is 0 Å². The highest BCUT2D eigenvalue weighted by Crippen LogP contribution is 2.30. The Bertz CT molecular complexity index is 1310. The second-order valence-corrected chi connectivity index (χ2v) is 7.35. The van der Waals surface area contributed by atoms with Gasteiger partial charge in [0.1, 0.15) is 0 Å². The molecular weight excluding hydrogens is 419 g/mol. The fraction of sp³-hybridized carbons (Fsp3) is 0.158. The summed E-state index contributed by atoms with van der Waals surface area (Å²) in [5.74, 6) is -0.117. The summed E-state index contributed by atoms with van der Waals surface area (Å²) in [6.45, 7) is 0. The van der Waals surface area contributed by atoms with Gasteiger partial charge in [-0.05, 0) is 36.4 Å². The van der Waals surface area contributed by atoms with E-state index in [4.69, 9.17) is 0 Å². The number of aromatic nitrogens is 4. The second-order valence-electron chi connectivity index (χ2n) is 6.41. The number of fused-ring (bicyclic) bond motifs is 3. The van der Waals surface area contributed by atoms with Gasteiger partial charge in [-0.2, -0.15) is 13.2 Å². The van der Waals surface area contributed by atoms with Gasteiger partial charge in [0.25, 0.3) is 5.56 Å². The number of aryl methyl sites for hydroxylation is 1. The summed E-state index contributed by atoms with van der Waals surface area (Å²) in [4.78, 5) is 24.7. The number of benzene rings is 2. The maximum atomic E-state index is 12.6. The van der Waals surface area contributed by atoms with Gasteiger partial charge in [-0.15, -0.1) is 10.2 Å². The van der Waals surface area contributed by atoms with Gasteiger partial charge in [0.2, 0.25) is 11.7 Å². The lowest BCUT2D eigenvalue weighted by Gasteiger charge is -2.09. The zero-order valence-corrected chi connectivity index (χ0v) is 16.3. The highest BCUT2D eigenvalue weighted by molar-refractivity contribution is 7.99. The molecule has 11 heteroatoms. The van der Waals surface area contributed by atoms with Crippen LogP contribution >= 0.6 is 11.8 Å². The Morgan fingerprint density at radius 1 is 1.10 bits per heavy atom. The standard InChI is InChI=1S/C19H14F3N5O2S/c1-26-16(29)13-4-2-3-5-14(13)27-17(26)24-25-18(27)30-10-15(28)23-12-8-6-11(7-9-12)19(20,21)22/h2-9H,10H2,1H3,(H,23,28). The molecule has 0 aliphatic heterocycles. The van der Waals surface area contributed by atoms with E-state index in [0.717, 1.165) is 23.9 Å². The van der Waals surface area contributed by atoms with Crippen LogP contribution in [0.15, 0.2) is 58.5 Å². The van der Waals surface area contributed by atoms with Crippen LogP contribution in [0, 0.1) is 0 Å². The summed E-state index contributed by atoms with van der Waals surface area (Å²) in [7, 11) is 1.59. The number of hydrogen-bond donors (Lipinski definition) is 1. The van der Waals surface area contributed by atoms with Gasteiger partial charge in [0, 0.05) is 12.7 Å². The van der Waals surface area contributed by atoms with Gasteiger partial charge in [0.15, 0.2) is 5.16 Å². The first-order chi connectivity index (χ1) is 14.3. The molecule has 0 spiro atoms. The molecule has 2 aromatic carbocycles. The minimum absolute atomic E-state index is 0.0427. The minimum Gasteiger partial charge on any atom is -0.325 e. The quantitative estimate of drug-likeness (QED) is 0.500. The molecule has 4 rings (SSSR count). The van der Waals surface area contributed by atoms with E-state index in [1.807, 2.05) is 0 Å². The molecule has 2 aromatic heterocycles. The topological polar surface area (TPSA) is 81.3 Å². The highest BCUT2D eigenvalue weighted by Gasteiger charge is 2.30. The number of rotatable bonds is 4. The van der Waals surface area contributed by atoms with Crippen molar-refractivity contribution in [1.82, 2.24) is 19.2 Å². The molecule has 0 saturated carbocycles. The lowest BCUT2D eigenvalue weighted by atomic mass is 10.2. The van der Waals surface area contributed by atoms with E-state index < -0.39 is 17.6 Å². The van der Waals surface area contributed by atoms with Crippen molar-refractivity contribution in [2.45, 2.75) is 11.3 Å². The number of thioether (sulfide) groups is 1. The van der Waals surface area contributed by atoms with Gasteiger partial charge in [-0.25, -0.2) is 0 Å². The van der Waals surface area contributed by atoms with Crippen molar-refractivity contribution in [3.05, 3.63) is 64.4 Å². The molecule has 7 nitrogen and oxygen atoms in total. The molecule has 4 aromatic rings. The van der Waals surface area contributed by atoms with Gasteiger partial charge in [-0.3, -0.25) is 18.6 Å². The first-order valence-corrected chi connectivity index (χ1v) is 9.67. The summed E-state index contributed by atoms with van der Waals surface area (Å²) in [6, 6.07) is 11.2. The molecule has 0 aliphatic carbocycles. The van der Waals surface area contributed by atoms with E-state index in [1.54, 1.807) is 35.7 Å². The number of carbonyl (C=O) groups excluding carboxylic acids is 1. The van der Waals surface area contributed by atoms with E-state index in [1.165, 1.54) is 16.7 Å². The molecule has 1 N–H and O–H groups in total. The largest absolute Gasteiger partial charge is 0.416 e. The number of halogens is 3. The molecule has 30 heavy (non-hydrogen) atoms. The predicted octanol–water partition coefficient (Wildman–Crippen LogP) is 3.33. The molecule has 1 amide bonds. The van der Waals surface area contributed by atoms with Crippen LogP contribution < -0.4 is 10.9 Å². The maximum absolute atomic E-state index is 12.6. The Hall–Kier alpha value is -3.34. The van der Waals surface area contributed by atoms with Gasteiger partial charge < -0.3 is 5.32 Å². The van der Waals surface area contributed by atoms with E-state index in [2.05, 4.69) is 15.5 Å². The van der Waals surface area contributed by atoms with Crippen molar-refractivity contribution in [1.29, 1.82) is 0 Å². The van der Waals surface area contributed by atoms with Gasteiger partial charge in [0.05, 0.1) is 22.2 Å². The van der Waals surface area contributed by atoms with E-state index in [-0.39, 0.29) is 17.0 Å². The van der Waals surface area contributed by atoms with Crippen LogP contribution in [0.2, 0.25) is 0 Å². The van der Waals surface area contributed by atoms with Crippen molar-refractivity contribution in [2.24, 2.45) is 7.05 Å². The maximum Gasteiger partial charge on any atom is 0.416 e. The molecule has 0 radical (unpaired) electrons. The zero-order valence-electron chi connectivity index (χ0n) is 15.5. The fourth-order valence-corrected chi connectivity index (χ4v) is 3.71. The minimum atomic E-state index is -4.43. The summed E-state index contributed by atoms with van der Waals surface area (Å²) in [5, 5.41) is 11.6. The SMILES string of the molecule is Cn1c(=O)c2ccccc2n2c(SCC(=O)Nc3ccc(C(F)(F)F)cc3)nnc12. The zero-order chi connectivity index (χ0) is 21.5. The number of carbonyl (C=O) groups is 1. The Morgan fingerprint density at radius 3 is 2.50 bits per heavy atom. The number of anilines is 1. The predicted molar refractivity (Wildman–Crippen MR) is 107 cm³/mol. The first-order valence-electron chi connectivity index (χ1n) is 8.68. The fourth-order valence-electron chi connectivity index (χ4n) is 2.97. The molecule has 2 heterocycles. The Morgan fingerprint density at radius 2 is 1.80 bits per heavy atom. The molecule has 0 bridgehead atoms. The number of hydrogen-bond acceptors (Lipinski definition) is 5. The molecule has 0 atom stereocenters. The molecule has 0 unspecified atom stereocenters. The lowest BCUT2D eigenvalue weighted by molar-refractivity contribution is -0.137. The number of nitrogens with zero attached hydrogens (tertiary/aromatic N) is 4. The van der Waals surface area contributed by atoms with Crippen LogP contribution in [0.1, 0.15) is 5.56 Å². The van der Waals surface area contributed by atoms with Crippen molar-refractivity contribution in [2.75, 3.05) is 11.1 Å². The Kier molecular flexibility index (Phi) is 4.98. The second kappa shape index (κ2) is 7.48. The number of para-hydroxylation sites is 1. The van der Waals surface area contributed by atoms with Crippen LogP contribution in [0.25, 0.3) is 16.7 Å². The van der Waals surface area contributed by atoms with Crippen molar-refractivity contribution >= 4 is 40.0 Å². The third-order valence-electron chi connectivity index (χ3n) is 4.42. The van der Waals surface area contributed by atoms with Crippen LogP contribution in [0.5, 0.6) is 0 Å². The van der Waals surface area contributed by atoms with Gasteiger partial charge in [-0.1, -0.05) is 23.9 Å². The van der Waals surface area contributed by atoms with E-state index >= 15 is 0 Å². The summed E-state index contributed by atoms with van der Waals surface area (Å²) >= 11 is 1.10. The molecule has 154 valence electrons. The highest BCUT2D eigenvalue weighted by atomic mass is 32.2. The molecule has 0 saturated heterocycles. The van der Waals surface area contributed by atoms with Crippen molar-refractivity contribution < 1.29 is 18.0 Å². The average Bonchev–Trinajstić information content (AvgIpc) is 3.14.